The van der Waals surface area contributed by atoms with Gasteiger partial charge in [-0.1, -0.05) is 0 Å². The van der Waals surface area contributed by atoms with Gasteiger partial charge in [-0.25, -0.2) is 14.1 Å². The third-order valence-corrected chi connectivity index (χ3v) is 4.56. The molecule has 0 saturated carbocycles. The Morgan fingerprint density at radius 3 is 2.83 bits per heavy atom. The van der Waals surface area contributed by atoms with E-state index in [0.717, 1.165) is 36.2 Å². The van der Waals surface area contributed by atoms with Crippen molar-refractivity contribution in [3.05, 3.63) is 58.6 Å². The Bertz CT molecular complexity index is 855. The predicted octanol–water partition coefficient (Wildman–Crippen LogP) is 3.21. The van der Waals surface area contributed by atoms with Crippen LogP contribution in [0.25, 0.3) is 5.69 Å². The molecule has 3 aromatic rings. The van der Waals surface area contributed by atoms with E-state index in [2.05, 4.69) is 15.4 Å². The van der Waals surface area contributed by atoms with Crippen molar-refractivity contribution < 1.29 is 9.18 Å². The molecule has 23 heavy (non-hydrogen) atoms. The number of aromatic nitrogens is 3. The third-order valence-electron chi connectivity index (χ3n) is 3.87. The number of carbonyl (C=O) groups is 1. The molecule has 1 aliphatic rings. The number of thiazole rings is 1. The van der Waals surface area contributed by atoms with Gasteiger partial charge in [0, 0.05) is 22.8 Å². The van der Waals surface area contributed by atoms with Crippen molar-refractivity contribution in [1.82, 2.24) is 14.8 Å². The Kier molecular flexibility index (Phi) is 3.42. The highest BCUT2D eigenvalue weighted by atomic mass is 32.1. The second kappa shape index (κ2) is 5.58. The molecular formula is C16H13FN4OS. The van der Waals surface area contributed by atoms with Crippen LogP contribution in [0.15, 0.2) is 35.8 Å². The number of nitrogens with zero attached hydrogens (tertiary/aromatic N) is 3. The van der Waals surface area contributed by atoms with Crippen molar-refractivity contribution in [3.8, 4) is 5.69 Å². The number of nitrogens with one attached hydrogen (secondary N) is 1. The number of rotatable bonds is 3. The fourth-order valence-electron chi connectivity index (χ4n) is 2.86. The molecule has 0 aliphatic heterocycles. The van der Waals surface area contributed by atoms with Gasteiger partial charge in [0.1, 0.15) is 5.82 Å². The summed E-state index contributed by atoms with van der Waals surface area (Å²) in [6.07, 6.45) is 4.33. The van der Waals surface area contributed by atoms with Crippen LogP contribution in [0.2, 0.25) is 0 Å². The second-order valence-corrected chi connectivity index (χ2v) is 6.20. The van der Waals surface area contributed by atoms with E-state index < -0.39 is 0 Å². The minimum atomic E-state index is -0.292. The van der Waals surface area contributed by atoms with Gasteiger partial charge in [-0.15, -0.1) is 11.3 Å². The van der Waals surface area contributed by atoms with Crippen LogP contribution < -0.4 is 5.32 Å². The number of benzene rings is 1. The van der Waals surface area contributed by atoms with Gasteiger partial charge in [-0.05, 0) is 43.5 Å². The van der Waals surface area contributed by atoms with Crippen LogP contribution in [-0.4, -0.2) is 20.7 Å². The summed E-state index contributed by atoms with van der Waals surface area (Å²) in [5, 5.41) is 9.60. The van der Waals surface area contributed by atoms with Crippen molar-refractivity contribution in [3.63, 3.8) is 0 Å². The molecule has 0 bridgehead atoms. The number of carbonyl (C=O) groups excluding carboxylic acids is 1. The molecule has 1 aromatic carbocycles. The number of halogens is 1. The Morgan fingerprint density at radius 1 is 1.26 bits per heavy atom. The van der Waals surface area contributed by atoms with E-state index >= 15 is 0 Å². The van der Waals surface area contributed by atoms with Gasteiger partial charge in [0.25, 0.3) is 5.91 Å². The maximum absolute atomic E-state index is 13.1. The highest BCUT2D eigenvalue weighted by Gasteiger charge is 2.27. The molecule has 0 spiro atoms. The van der Waals surface area contributed by atoms with Crippen molar-refractivity contribution in [2.45, 2.75) is 19.3 Å². The second-order valence-electron chi connectivity index (χ2n) is 5.31. The van der Waals surface area contributed by atoms with Crippen LogP contribution in [0.3, 0.4) is 0 Å². The maximum atomic E-state index is 13.1. The summed E-state index contributed by atoms with van der Waals surface area (Å²) in [7, 11) is 0. The predicted molar refractivity (Wildman–Crippen MR) is 85.6 cm³/mol. The van der Waals surface area contributed by atoms with Crippen LogP contribution in [0.4, 0.5) is 9.52 Å². The molecule has 2 aromatic heterocycles. The molecule has 4 rings (SSSR count). The van der Waals surface area contributed by atoms with Crippen molar-refractivity contribution in [1.29, 1.82) is 0 Å². The van der Waals surface area contributed by atoms with Crippen molar-refractivity contribution in [2.75, 3.05) is 5.32 Å². The van der Waals surface area contributed by atoms with Gasteiger partial charge in [-0.3, -0.25) is 10.1 Å². The van der Waals surface area contributed by atoms with Crippen LogP contribution >= 0.6 is 11.3 Å². The largest absolute Gasteiger partial charge is 0.296 e. The lowest BCUT2D eigenvalue weighted by Crippen LogP contribution is -2.14. The van der Waals surface area contributed by atoms with Gasteiger partial charge in [0.2, 0.25) is 0 Å². The lowest BCUT2D eigenvalue weighted by molar-refractivity contribution is 0.102. The van der Waals surface area contributed by atoms with Crippen LogP contribution in [0, 0.1) is 5.82 Å². The first-order valence-corrected chi connectivity index (χ1v) is 8.18. The molecule has 1 N–H and O–H groups in total. The number of hydrogen-bond acceptors (Lipinski definition) is 4. The number of hydrogen-bond donors (Lipinski definition) is 1. The molecule has 7 heteroatoms. The Labute approximate surface area is 135 Å². The first kappa shape index (κ1) is 14.1. The molecule has 0 unspecified atom stereocenters. The topological polar surface area (TPSA) is 59.8 Å². The summed E-state index contributed by atoms with van der Waals surface area (Å²) in [4.78, 5) is 16.6. The zero-order valence-electron chi connectivity index (χ0n) is 12.1. The zero-order valence-corrected chi connectivity index (χ0v) is 12.9. The first-order valence-electron chi connectivity index (χ1n) is 7.30. The molecule has 116 valence electrons. The highest BCUT2D eigenvalue weighted by Crippen LogP contribution is 2.28. The molecule has 1 aliphatic carbocycles. The summed E-state index contributed by atoms with van der Waals surface area (Å²) < 4.78 is 14.9. The monoisotopic (exact) mass is 328 g/mol. The molecule has 0 saturated heterocycles. The smallest absolute Gasteiger partial charge is 0.278 e. The zero-order chi connectivity index (χ0) is 15.8. The molecule has 0 fully saturated rings. The Morgan fingerprint density at radius 2 is 2.09 bits per heavy atom. The van der Waals surface area contributed by atoms with Crippen molar-refractivity contribution in [2.24, 2.45) is 0 Å². The van der Waals surface area contributed by atoms with E-state index in [-0.39, 0.29) is 11.7 Å². The van der Waals surface area contributed by atoms with E-state index in [1.807, 2.05) is 0 Å². The van der Waals surface area contributed by atoms with E-state index in [9.17, 15) is 9.18 Å². The molecular weight excluding hydrogens is 315 g/mol. The lowest BCUT2D eigenvalue weighted by Gasteiger charge is -2.05. The van der Waals surface area contributed by atoms with Crippen LogP contribution in [-0.2, 0) is 12.8 Å². The normalized spacial score (nSPS) is 13.1. The summed E-state index contributed by atoms with van der Waals surface area (Å²) in [5.41, 5.74) is 3.19. The average Bonchev–Trinajstić information content (AvgIpc) is 3.24. The Balaban J connectivity index is 1.72. The number of anilines is 1. The fourth-order valence-corrected chi connectivity index (χ4v) is 3.38. The SMILES string of the molecule is O=C(Nc1nccs1)c1nn(-c2ccc(F)cc2)c2c1CCC2. The quantitative estimate of drug-likeness (QED) is 0.803. The maximum Gasteiger partial charge on any atom is 0.278 e. The highest BCUT2D eigenvalue weighted by molar-refractivity contribution is 7.13. The third kappa shape index (κ3) is 2.53. The fraction of sp³-hybridized carbons (Fsp3) is 0.188. The molecule has 0 radical (unpaired) electrons. The van der Waals surface area contributed by atoms with E-state index in [0.29, 0.717) is 10.8 Å². The summed E-state index contributed by atoms with van der Waals surface area (Å²) in [6, 6.07) is 6.13. The van der Waals surface area contributed by atoms with E-state index in [1.54, 1.807) is 28.4 Å². The molecule has 2 heterocycles. The van der Waals surface area contributed by atoms with Gasteiger partial charge in [-0.2, -0.15) is 5.10 Å². The average molecular weight is 328 g/mol. The van der Waals surface area contributed by atoms with Gasteiger partial charge in [0.15, 0.2) is 10.8 Å². The first-order chi connectivity index (χ1) is 11.2. The summed E-state index contributed by atoms with van der Waals surface area (Å²) in [5.74, 6) is -0.543. The van der Waals surface area contributed by atoms with E-state index in [1.165, 1.54) is 23.5 Å². The van der Waals surface area contributed by atoms with Crippen LogP contribution in [0.1, 0.15) is 28.2 Å². The minimum Gasteiger partial charge on any atom is -0.296 e. The summed E-state index contributed by atoms with van der Waals surface area (Å²) in [6.45, 7) is 0. The minimum absolute atomic E-state index is 0.251. The molecule has 5 nitrogen and oxygen atoms in total. The lowest BCUT2D eigenvalue weighted by atomic mass is 10.2. The van der Waals surface area contributed by atoms with Crippen LogP contribution in [0.5, 0.6) is 0 Å². The standard InChI is InChI=1S/C16H13FN4OS/c17-10-4-6-11(7-5-10)21-13-3-1-2-12(13)14(20-21)15(22)19-16-18-8-9-23-16/h4-9H,1-3H2,(H,18,19,22). The van der Waals surface area contributed by atoms with Gasteiger partial charge in [0.05, 0.1) is 5.69 Å². The molecule has 1 amide bonds. The number of amides is 1. The van der Waals surface area contributed by atoms with Crippen molar-refractivity contribution >= 4 is 22.4 Å². The summed E-state index contributed by atoms with van der Waals surface area (Å²) >= 11 is 1.36. The number of fused-ring (bicyclic) bond motifs is 1. The van der Waals surface area contributed by atoms with E-state index in [4.69, 9.17) is 0 Å². The van der Waals surface area contributed by atoms with Gasteiger partial charge < -0.3 is 0 Å². The molecule has 0 atom stereocenters. The Hall–Kier alpha value is -2.54. The van der Waals surface area contributed by atoms with Gasteiger partial charge >= 0.3 is 0 Å².